The number of aryl methyl sites for hydroxylation is 2. The summed E-state index contributed by atoms with van der Waals surface area (Å²) in [5, 5.41) is 22.8. The molecule has 2 heterocycles. The van der Waals surface area contributed by atoms with E-state index in [1.165, 1.54) is 30.4 Å². The number of unbranched alkanes of at least 4 members (excludes halogenated alkanes) is 1. The van der Waals surface area contributed by atoms with Gasteiger partial charge in [0, 0.05) is 19.6 Å². The fourth-order valence-corrected chi connectivity index (χ4v) is 4.48. The lowest BCUT2D eigenvalue weighted by Crippen LogP contribution is -2.16. The molecule has 33 heavy (non-hydrogen) atoms. The number of hydrogen-bond donors (Lipinski definition) is 2. The first kappa shape index (κ1) is 24.4. The molecule has 0 radical (unpaired) electrons. The molecule has 0 aliphatic rings. The van der Waals surface area contributed by atoms with Crippen molar-refractivity contribution in [3.63, 3.8) is 0 Å². The summed E-state index contributed by atoms with van der Waals surface area (Å²) in [6.45, 7) is 1.43. The van der Waals surface area contributed by atoms with Crippen LogP contribution < -0.4 is 10.6 Å². The second-order valence-corrected chi connectivity index (χ2v) is 10.5. The number of sulfone groups is 1. The van der Waals surface area contributed by atoms with Gasteiger partial charge in [-0.25, -0.2) is 8.42 Å². The van der Waals surface area contributed by atoms with Gasteiger partial charge >= 0.3 is 0 Å². The Kier molecular flexibility index (Phi) is 8.17. The minimum absolute atomic E-state index is 0.0298. The average molecular weight is 489 g/mol. The molecule has 0 unspecified atom stereocenters. The van der Waals surface area contributed by atoms with E-state index in [2.05, 4.69) is 31.0 Å². The number of nitrogens with one attached hydrogen (secondary N) is 2. The molecule has 1 aromatic carbocycles. The quantitative estimate of drug-likeness (QED) is 0.414. The summed E-state index contributed by atoms with van der Waals surface area (Å²) in [6.07, 6.45) is 4.43. The van der Waals surface area contributed by atoms with E-state index in [0.29, 0.717) is 16.5 Å². The van der Waals surface area contributed by atoms with Crippen LogP contribution >= 0.6 is 11.3 Å². The normalized spacial score (nSPS) is 11.2. The third-order valence-electron chi connectivity index (χ3n) is 4.50. The van der Waals surface area contributed by atoms with Crippen molar-refractivity contribution in [2.75, 3.05) is 16.9 Å². The van der Waals surface area contributed by atoms with E-state index in [9.17, 15) is 18.0 Å². The zero-order chi connectivity index (χ0) is 23.8. The first-order valence-electron chi connectivity index (χ1n) is 10.2. The number of benzene rings is 1. The van der Waals surface area contributed by atoms with Crippen molar-refractivity contribution in [1.29, 1.82) is 0 Å². The maximum atomic E-state index is 12.3. The first-order chi connectivity index (χ1) is 15.7. The molecule has 0 atom stereocenters. The molecule has 3 rings (SSSR count). The highest BCUT2D eigenvalue weighted by molar-refractivity contribution is 7.90. The van der Waals surface area contributed by atoms with Crippen LogP contribution in [0.2, 0.25) is 0 Å². The molecule has 174 valence electrons. The van der Waals surface area contributed by atoms with Crippen molar-refractivity contribution < 1.29 is 18.0 Å². The predicted octanol–water partition coefficient (Wildman–Crippen LogP) is 2.44. The van der Waals surface area contributed by atoms with Crippen LogP contribution in [0.3, 0.4) is 0 Å². The van der Waals surface area contributed by atoms with Gasteiger partial charge in [-0.1, -0.05) is 23.5 Å². The van der Waals surface area contributed by atoms with E-state index < -0.39 is 9.84 Å². The Morgan fingerprint density at radius 1 is 0.970 bits per heavy atom. The second-order valence-electron chi connectivity index (χ2n) is 7.44. The zero-order valence-corrected chi connectivity index (χ0v) is 19.9. The fourth-order valence-electron chi connectivity index (χ4n) is 2.96. The Morgan fingerprint density at radius 2 is 1.76 bits per heavy atom. The Hall–Kier alpha value is -3.25. The zero-order valence-electron chi connectivity index (χ0n) is 18.2. The van der Waals surface area contributed by atoms with E-state index in [1.807, 2.05) is 6.07 Å². The Bertz CT molecular complexity index is 1230. The molecule has 2 aromatic heterocycles. The Balaban J connectivity index is 1.43. The SMILES string of the molecule is CC(=O)Nc1nnc(CCCCc2ccc(NC(=O)Cc3cccc(S(C)(=O)=O)c3)nn2)s1. The van der Waals surface area contributed by atoms with Gasteiger partial charge in [0.15, 0.2) is 15.7 Å². The van der Waals surface area contributed by atoms with Gasteiger partial charge in [-0.15, -0.1) is 15.3 Å². The van der Waals surface area contributed by atoms with Crippen molar-refractivity contribution in [2.24, 2.45) is 0 Å². The Morgan fingerprint density at radius 3 is 2.45 bits per heavy atom. The lowest BCUT2D eigenvalue weighted by Gasteiger charge is -2.06. The van der Waals surface area contributed by atoms with Crippen LogP contribution in [0, 0.1) is 0 Å². The van der Waals surface area contributed by atoms with Gasteiger partial charge in [-0.05, 0) is 49.1 Å². The standard InChI is InChI=1S/C21H24N6O4S2/c1-14(28)22-21-27-26-20(32-21)9-4-3-7-16-10-11-18(25-24-16)23-19(29)13-15-6-5-8-17(12-15)33(2,30)31/h5-6,8,10-12H,3-4,7,9,13H2,1-2H3,(H,22,27,28)(H,23,25,29). The van der Waals surface area contributed by atoms with Gasteiger partial charge in [0.05, 0.1) is 17.0 Å². The van der Waals surface area contributed by atoms with Crippen molar-refractivity contribution in [3.05, 3.63) is 52.7 Å². The molecule has 0 spiro atoms. The second kappa shape index (κ2) is 11.1. The minimum Gasteiger partial charge on any atom is -0.309 e. The highest BCUT2D eigenvalue weighted by Crippen LogP contribution is 2.17. The van der Waals surface area contributed by atoms with Crippen LogP contribution in [0.25, 0.3) is 0 Å². The Labute approximate surface area is 195 Å². The summed E-state index contributed by atoms with van der Waals surface area (Å²) in [4.78, 5) is 23.5. The topological polar surface area (TPSA) is 144 Å². The van der Waals surface area contributed by atoms with Gasteiger partial charge in [0.1, 0.15) is 5.01 Å². The molecule has 3 aromatic rings. The van der Waals surface area contributed by atoms with Crippen molar-refractivity contribution in [2.45, 2.75) is 43.9 Å². The smallest absolute Gasteiger partial charge is 0.229 e. The number of anilines is 2. The van der Waals surface area contributed by atoms with Crippen LogP contribution in [-0.2, 0) is 38.7 Å². The van der Waals surface area contributed by atoms with Crippen molar-refractivity contribution in [1.82, 2.24) is 20.4 Å². The molecule has 2 N–H and O–H groups in total. The van der Waals surface area contributed by atoms with E-state index in [-0.39, 0.29) is 23.1 Å². The maximum Gasteiger partial charge on any atom is 0.229 e. The van der Waals surface area contributed by atoms with Crippen LogP contribution in [0.4, 0.5) is 10.9 Å². The van der Waals surface area contributed by atoms with Gasteiger partial charge in [0.2, 0.25) is 16.9 Å². The summed E-state index contributed by atoms with van der Waals surface area (Å²) in [5.74, 6) is -0.141. The molecular formula is C21H24N6O4S2. The van der Waals surface area contributed by atoms with Crippen molar-refractivity contribution in [3.8, 4) is 0 Å². The molecule has 0 fully saturated rings. The number of carbonyl (C=O) groups excluding carboxylic acids is 2. The number of rotatable bonds is 10. The summed E-state index contributed by atoms with van der Waals surface area (Å²) in [6, 6.07) is 9.81. The lowest BCUT2D eigenvalue weighted by molar-refractivity contribution is -0.116. The number of nitrogens with zero attached hydrogens (tertiary/aromatic N) is 4. The summed E-state index contributed by atoms with van der Waals surface area (Å²) in [5.41, 5.74) is 1.41. The van der Waals surface area contributed by atoms with E-state index in [0.717, 1.165) is 42.6 Å². The van der Waals surface area contributed by atoms with Gasteiger partial charge in [0.25, 0.3) is 0 Å². The van der Waals surface area contributed by atoms with Gasteiger partial charge in [-0.3, -0.25) is 9.59 Å². The fraction of sp³-hybridized carbons (Fsp3) is 0.333. The lowest BCUT2D eigenvalue weighted by atomic mass is 10.1. The largest absolute Gasteiger partial charge is 0.309 e. The molecule has 2 amide bonds. The average Bonchev–Trinajstić information content (AvgIpc) is 3.18. The summed E-state index contributed by atoms with van der Waals surface area (Å²) < 4.78 is 23.3. The van der Waals surface area contributed by atoms with Crippen molar-refractivity contribution >= 4 is 43.9 Å². The van der Waals surface area contributed by atoms with Crippen LogP contribution in [0.15, 0.2) is 41.3 Å². The molecule has 0 aliphatic carbocycles. The van der Waals surface area contributed by atoms with Crippen LogP contribution in [-0.4, -0.2) is 46.9 Å². The number of carbonyl (C=O) groups is 2. The number of aromatic nitrogens is 4. The summed E-state index contributed by atoms with van der Waals surface area (Å²) >= 11 is 1.37. The van der Waals surface area contributed by atoms with E-state index >= 15 is 0 Å². The maximum absolute atomic E-state index is 12.3. The number of hydrogen-bond acceptors (Lipinski definition) is 9. The monoisotopic (exact) mass is 488 g/mol. The molecule has 12 heteroatoms. The highest BCUT2D eigenvalue weighted by atomic mass is 32.2. The molecule has 0 saturated carbocycles. The van der Waals surface area contributed by atoms with Crippen LogP contribution in [0.5, 0.6) is 0 Å². The third kappa shape index (κ3) is 7.99. The predicted molar refractivity (Wildman–Crippen MR) is 125 cm³/mol. The highest BCUT2D eigenvalue weighted by Gasteiger charge is 2.11. The molecule has 0 saturated heterocycles. The minimum atomic E-state index is -3.33. The third-order valence-corrected chi connectivity index (χ3v) is 6.51. The first-order valence-corrected chi connectivity index (χ1v) is 12.9. The summed E-state index contributed by atoms with van der Waals surface area (Å²) in [7, 11) is -3.33. The van der Waals surface area contributed by atoms with E-state index in [1.54, 1.807) is 18.2 Å². The molecule has 10 nitrogen and oxygen atoms in total. The molecule has 0 bridgehead atoms. The molecule has 0 aliphatic heterocycles. The molecular weight excluding hydrogens is 464 g/mol. The number of amides is 2. The van der Waals surface area contributed by atoms with Gasteiger partial charge in [-0.2, -0.15) is 5.10 Å². The van der Waals surface area contributed by atoms with E-state index in [4.69, 9.17) is 0 Å². The van der Waals surface area contributed by atoms with Gasteiger partial charge < -0.3 is 10.6 Å². The van der Waals surface area contributed by atoms with Crippen LogP contribution in [0.1, 0.15) is 36.0 Å².